The molecule has 1 aliphatic rings. The molecule has 27 heavy (non-hydrogen) atoms. The topological polar surface area (TPSA) is 107 Å². The zero-order valence-corrected chi connectivity index (χ0v) is 15.7. The van der Waals surface area contributed by atoms with Crippen molar-refractivity contribution in [1.29, 1.82) is 0 Å². The lowest BCUT2D eigenvalue weighted by atomic mass is 10.00. The number of nitrogens with two attached hydrogens (primary N) is 2. The third kappa shape index (κ3) is 5.70. The van der Waals surface area contributed by atoms with E-state index in [2.05, 4.69) is 5.32 Å². The Morgan fingerprint density at radius 2 is 1.81 bits per heavy atom. The number of carbonyl (C=O) groups is 2. The highest BCUT2D eigenvalue weighted by molar-refractivity contribution is 5.93. The number of carbonyl (C=O) groups excluding carboxylic acids is 2. The minimum Gasteiger partial charge on any atom is -0.457 e. The van der Waals surface area contributed by atoms with Crippen LogP contribution in [0.15, 0.2) is 48.5 Å². The average molecular weight is 390 g/mol. The molecule has 144 valence electrons. The lowest BCUT2D eigenvalue weighted by Crippen LogP contribution is -2.28. The molecule has 1 fully saturated rings. The summed E-state index contributed by atoms with van der Waals surface area (Å²) in [6.07, 6.45) is 3.58. The third-order valence-electron chi connectivity index (χ3n) is 4.66. The number of benzene rings is 2. The van der Waals surface area contributed by atoms with Gasteiger partial charge in [-0.2, -0.15) is 0 Å². The van der Waals surface area contributed by atoms with Gasteiger partial charge in [0.05, 0.1) is 0 Å². The van der Waals surface area contributed by atoms with Crippen LogP contribution >= 0.6 is 12.4 Å². The van der Waals surface area contributed by atoms with Crippen LogP contribution in [0.4, 0.5) is 5.69 Å². The summed E-state index contributed by atoms with van der Waals surface area (Å²) in [5, 5.41) is 2.89. The van der Waals surface area contributed by atoms with Gasteiger partial charge in [0.1, 0.15) is 11.5 Å². The van der Waals surface area contributed by atoms with Crippen LogP contribution in [-0.4, -0.2) is 17.9 Å². The van der Waals surface area contributed by atoms with Crippen LogP contribution < -0.4 is 21.5 Å². The van der Waals surface area contributed by atoms with Gasteiger partial charge < -0.3 is 21.5 Å². The number of hydrogen-bond donors (Lipinski definition) is 3. The Morgan fingerprint density at radius 1 is 1.07 bits per heavy atom. The van der Waals surface area contributed by atoms with E-state index in [-0.39, 0.29) is 30.3 Å². The van der Waals surface area contributed by atoms with Crippen molar-refractivity contribution in [3.05, 3.63) is 54.1 Å². The molecule has 6 nitrogen and oxygen atoms in total. The highest BCUT2D eigenvalue weighted by Crippen LogP contribution is 2.28. The molecule has 0 bridgehead atoms. The van der Waals surface area contributed by atoms with E-state index in [0.29, 0.717) is 29.2 Å². The van der Waals surface area contributed by atoms with Crippen LogP contribution in [0.1, 0.15) is 36.0 Å². The minimum absolute atomic E-state index is 0. The van der Waals surface area contributed by atoms with Gasteiger partial charge in [-0.3, -0.25) is 9.59 Å². The van der Waals surface area contributed by atoms with Crippen LogP contribution in [0.25, 0.3) is 0 Å². The van der Waals surface area contributed by atoms with Crippen LogP contribution in [0.5, 0.6) is 11.5 Å². The first-order chi connectivity index (χ1) is 12.5. The molecule has 2 aromatic carbocycles. The summed E-state index contributed by atoms with van der Waals surface area (Å²) in [6.45, 7) is 0. The number of amides is 2. The second kappa shape index (κ2) is 9.39. The summed E-state index contributed by atoms with van der Waals surface area (Å²) in [7, 11) is 0. The lowest BCUT2D eigenvalue weighted by molar-refractivity contribution is -0.117. The van der Waals surface area contributed by atoms with Crippen molar-refractivity contribution in [2.24, 2.45) is 17.4 Å². The number of ether oxygens (including phenoxy) is 1. The Kier molecular flexibility index (Phi) is 7.21. The van der Waals surface area contributed by atoms with Gasteiger partial charge in [-0.25, -0.2) is 0 Å². The van der Waals surface area contributed by atoms with Gasteiger partial charge in [-0.15, -0.1) is 12.4 Å². The van der Waals surface area contributed by atoms with Gasteiger partial charge in [0.15, 0.2) is 0 Å². The molecule has 2 amide bonds. The SMILES string of the molecule is Cl.NC(=O)c1cccc(Oc2ccc(NC(=O)C[C@@H]3CCC[C@H]3N)cc2)c1. The van der Waals surface area contributed by atoms with E-state index in [9.17, 15) is 9.59 Å². The molecule has 0 unspecified atom stereocenters. The summed E-state index contributed by atoms with van der Waals surface area (Å²) in [4.78, 5) is 23.4. The van der Waals surface area contributed by atoms with Crippen LogP contribution in [-0.2, 0) is 4.79 Å². The van der Waals surface area contributed by atoms with Gasteiger partial charge in [0.2, 0.25) is 11.8 Å². The Bertz CT molecular complexity index is 795. The van der Waals surface area contributed by atoms with E-state index in [1.165, 1.54) is 0 Å². The van der Waals surface area contributed by atoms with Gasteiger partial charge in [0, 0.05) is 23.7 Å². The fourth-order valence-electron chi connectivity index (χ4n) is 3.22. The van der Waals surface area contributed by atoms with Gasteiger partial charge in [0.25, 0.3) is 0 Å². The highest BCUT2D eigenvalue weighted by Gasteiger charge is 2.25. The number of hydrogen-bond acceptors (Lipinski definition) is 4. The number of nitrogens with one attached hydrogen (secondary N) is 1. The smallest absolute Gasteiger partial charge is 0.248 e. The van der Waals surface area contributed by atoms with Crippen molar-refractivity contribution in [3.8, 4) is 11.5 Å². The van der Waals surface area contributed by atoms with Crippen molar-refractivity contribution >= 4 is 29.9 Å². The van der Waals surface area contributed by atoms with Crippen molar-refractivity contribution < 1.29 is 14.3 Å². The largest absolute Gasteiger partial charge is 0.457 e. The summed E-state index contributed by atoms with van der Waals surface area (Å²) in [6, 6.07) is 13.9. The zero-order chi connectivity index (χ0) is 18.5. The molecule has 2 atom stereocenters. The average Bonchev–Trinajstić information content (AvgIpc) is 3.01. The number of rotatable bonds is 6. The summed E-state index contributed by atoms with van der Waals surface area (Å²) in [5.74, 6) is 0.872. The molecule has 0 aromatic heterocycles. The van der Waals surface area contributed by atoms with E-state index >= 15 is 0 Å². The molecule has 2 aromatic rings. The van der Waals surface area contributed by atoms with Crippen molar-refractivity contribution in [1.82, 2.24) is 0 Å². The molecule has 0 spiro atoms. The molecule has 7 heteroatoms. The monoisotopic (exact) mass is 389 g/mol. The first-order valence-corrected chi connectivity index (χ1v) is 8.74. The summed E-state index contributed by atoms with van der Waals surface area (Å²) < 4.78 is 5.71. The molecular weight excluding hydrogens is 366 g/mol. The maximum absolute atomic E-state index is 12.1. The fourth-order valence-corrected chi connectivity index (χ4v) is 3.22. The van der Waals surface area contributed by atoms with Gasteiger partial charge >= 0.3 is 0 Å². The van der Waals surface area contributed by atoms with E-state index < -0.39 is 5.91 Å². The predicted octanol–water partition coefficient (Wildman–Crippen LogP) is 3.46. The maximum Gasteiger partial charge on any atom is 0.248 e. The highest BCUT2D eigenvalue weighted by atomic mass is 35.5. The maximum atomic E-state index is 12.1. The van der Waals surface area contributed by atoms with Gasteiger partial charge in [-0.05, 0) is 61.2 Å². The van der Waals surface area contributed by atoms with E-state index in [4.69, 9.17) is 16.2 Å². The Hall–Kier alpha value is -2.57. The first kappa shape index (κ1) is 20.7. The predicted molar refractivity (Wildman–Crippen MR) is 107 cm³/mol. The summed E-state index contributed by atoms with van der Waals surface area (Å²) in [5.41, 5.74) is 12.4. The van der Waals surface area contributed by atoms with E-state index in [1.807, 2.05) is 0 Å². The number of primary amides is 1. The molecule has 1 aliphatic carbocycles. The fraction of sp³-hybridized carbons (Fsp3) is 0.300. The molecule has 0 saturated heterocycles. The number of halogens is 1. The van der Waals surface area contributed by atoms with Crippen LogP contribution in [0.2, 0.25) is 0 Å². The van der Waals surface area contributed by atoms with Gasteiger partial charge in [-0.1, -0.05) is 12.5 Å². The van der Waals surface area contributed by atoms with Crippen molar-refractivity contribution in [3.63, 3.8) is 0 Å². The standard InChI is InChI=1S/C20H23N3O3.ClH/c21-18-6-2-3-13(18)12-19(24)23-15-7-9-16(10-8-15)26-17-5-1-4-14(11-17)20(22)25;/h1,4-5,7-11,13,18H,2-3,6,12,21H2,(H2,22,25)(H,23,24);1H/t13-,18+;/m0./s1. The van der Waals surface area contributed by atoms with Crippen LogP contribution in [0.3, 0.4) is 0 Å². The van der Waals surface area contributed by atoms with Crippen molar-refractivity contribution in [2.75, 3.05) is 5.32 Å². The molecule has 0 heterocycles. The van der Waals surface area contributed by atoms with E-state index in [0.717, 1.165) is 19.3 Å². The Morgan fingerprint density at radius 3 is 2.44 bits per heavy atom. The normalized spacial score (nSPS) is 18.4. The zero-order valence-electron chi connectivity index (χ0n) is 14.9. The Labute approximate surface area is 164 Å². The quantitative estimate of drug-likeness (QED) is 0.703. The van der Waals surface area contributed by atoms with Crippen LogP contribution in [0, 0.1) is 5.92 Å². The third-order valence-corrected chi connectivity index (χ3v) is 4.66. The van der Waals surface area contributed by atoms with E-state index in [1.54, 1.807) is 48.5 Å². The first-order valence-electron chi connectivity index (χ1n) is 8.74. The number of anilines is 1. The second-order valence-corrected chi connectivity index (χ2v) is 6.63. The summed E-state index contributed by atoms with van der Waals surface area (Å²) >= 11 is 0. The molecular formula is C20H24ClN3O3. The minimum atomic E-state index is -0.504. The second-order valence-electron chi connectivity index (χ2n) is 6.63. The molecule has 0 aliphatic heterocycles. The lowest BCUT2D eigenvalue weighted by Gasteiger charge is -2.15. The Balaban J connectivity index is 0.00000261. The molecule has 5 N–H and O–H groups in total. The molecule has 3 rings (SSSR count). The molecule has 1 saturated carbocycles. The van der Waals surface area contributed by atoms with Crippen molar-refractivity contribution in [2.45, 2.75) is 31.7 Å². The molecule has 0 radical (unpaired) electrons.